The van der Waals surface area contributed by atoms with Gasteiger partial charge >= 0.3 is 0 Å². The zero-order valence-corrected chi connectivity index (χ0v) is 12.9. The summed E-state index contributed by atoms with van der Waals surface area (Å²) in [5.74, 6) is 0.276. The van der Waals surface area contributed by atoms with Crippen LogP contribution in [0.1, 0.15) is 0 Å². The number of fused-ring (bicyclic) bond motifs is 1. The number of imidazole rings is 1. The fraction of sp³-hybridized carbons (Fsp3) is 0.0667. The zero-order valence-electron chi connectivity index (χ0n) is 11.3. The molecule has 1 amide bonds. The van der Waals surface area contributed by atoms with Crippen molar-refractivity contribution in [3.63, 3.8) is 0 Å². The van der Waals surface area contributed by atoms with Gasteiger partial charge in [-0.3, -0.25) is 4.79 Å². The highest BCUT2D eigenvalue weighted by molar-refractivity contribution is 7.99. The molecule has 0 aliphatic heterocycles. The zero-order chi connectivity index (χ0) is 15.5. The van der Waals surface area contributed by atoms with Crippen LogP contribution in [-0.4, -0.2) is 26.7 Å². The van der Waals surface area contributed by atoms with E-state index in [9.17, 15) is 9.90 Å². The van der Waals surface area contributed by atoms with Crippen LogP contribution in [0.25, 0.3) is 11.0 Å². The number of aromatic amines is 1. The molecule has 0 saturated heterocycles. The number of nitrogens with one attached hydrogen (secondary N) is 2. The van der Waals surface area contributed by atoms with Gasteiger partial charge in [0, 0.05) is 16.8 Å². The van der Waals surface area contributed by atoms with Crippen LogP contribution in [0.5, 0.6) is 5.75 Å². The van der Waals surface area contributed by atoms with E-state index in [4.69, 9.17) is 11.6 Å². The first-order chi connectivity index (χ1) is 10.6. The van der Waals surface area contributed by atoms with E-state index in [0.29, 0.717) is 15.9 Å². The first-order valence-electron chi connectivity index (χ1n) is 6.47. The lowest BCUT2D eigenvalue weighted by Gasteiger charge is -2.03. The van der Waals surface area contributed by atoms with Gasteiger partial charge in [0.15, 0.2) is 5.16 Å². The summed E-state index contributed by atoms with van der Waals surface area (Å²) in [7, 11) is 0. The van der Waals surface area contributed by atoms with Crippen molar-refractivity contribution in [3.05, 3.63) is 47.5 Å². The Morgan fingerprint density at radius 3 is 2.82 bits per heavy atom. The Hall–Kier alpha value is -2.18. The van der Waals surface area contributed by atoms with Crippen molar-refractivity contribution in [1.29, 1.82) is 0 Å². The number of phenolic OH excluding ortho intramolecular Hbond substituents is 1. The summed E-state index contributed by atoms with van der Waals surface area (Å²) < 4.78 is 0. The van der Waals surface area contributed by atoms with Gasteiger partial charge in [-0.1, -0.05) is 23.4 Å². The van der Waals surface area contributed by atoms with Crippen molar-refractivity contribution in [2.45, 2.75) is 5.16 Å². The van der Waals surface area contributed by atoms with Crippen LogP contribution >= 0.6 is 23.4 Å². The molecule has 0 aliphatic rings. The number of anilines is 1. The summed E-state index contributed by atoms with van der Waals surface area (Å²) in [5.41, 5.74) is 2.18. The number of halogens is 1. The van der Waals surface area contributed by atoms with Gasteiger partial charge in [-0.2, -0.15) is 0 Å². The molecule has 0 unspecified atom stereocenters. The van der Waals surface area contributed by atoms with Crippen LogP contribution < -0.4 is 5.32 Å². The van der Waals surface area contributed by atoms with E-state index in [1.54, 1.807) is 42.5 Å². The number of H-pyrrole nitrogens is 1. The number of hydrogen-bond donors (Lipinski definition) is 3. The van der Waals surface area contributed by atoms with Crippen LogP contribution in [-0.2, 0) is 4.79 Å². The largest absolute Gasteiger partial charge is 0.508 e. The number of carbonyl (C=O) groups is 1. The lowest BCUT2D eigenvalue weighted by molar-refractivity contribution is -0.113. The third-order valence-electron chi connectivity index (χ3n) is 2.91. The molecule has 112 valence electrons. The van der Waals surface area contributed by atoms with Crippen LogP contribution in [0.4, 0.5) is 5.69 Å². The number of phenols is 1. The van der Waals surface area contributed by atoms with Gasteiger partial charge in [-0.15, -0.1) is 0 Å². The highest BCUT2D eigenvalue weighted by Crippen LogP contribution is 2.22. The molecule has 0 atom stereocenters. The predicted octanol–water partition coefficient (Wildman–Crippen LogP) is 3.65. The molecule has 0 radical (unpaired) electrons. The molecule has 2 aromatic carbocycles. The molecule has 0 fully saturated rings. The molecule has 1 heterocycles. The third-order valence-corrected chi connectivity index (χ3v) is 4.04. The lowest BCUT2D eigenvalue weighted by Crippen LogP contribution is -2.13. The SMILES string of the molecule is O=C(CSc1nc2ccc(O)cc2[nH]1)Nc1ccc(Cl)cc1. The molecule has 1 aromatic heterocycles. The number of aromatic nitrogens is 2. The Morgan fingerprint density at radius 1 is 1.27 bits per heavy atom. The summed E-state index contributed by atoms with van der Waals surface area (Å²) in [6.45, 7) is 0. The smallest absolute Gasteiger partial charge is 0.234 e. The first kappa shape index (κ1) is 14.7. The van der Waals surface area contributed by atoms with E-state index in [1.807, 2.05) is 0 Å². The summed E-state index contributed by atoms with van der Waals surface area (Å²) >= 11 is 7.09. The van der Waals surface area contributed by atoms with E-state index in [-0.39, 0.29) is 17.4 Å². The molecule has 0 saturated carbocycles. The molecule has 0 bridgehead atoms. The van der Waals surface area contributed by atoms with Crippen molar-refractivity contribution in [3.8, 4) is 5.75 Å². The average Bonchev–Trinajstić information content (AvgIpc) is 2.89. The highest BCUT2D eigenvalue weighted by atomic mass is 35.5. The van der Waals surface area contributed by atoms with Gasteiger partial charge in [0.2, 0.25) is 5.91 Å². The Balaban J connectivity index is 1.61. The van der Waals surface area contributed by atoms with Crippen molar-refractivity contribution < 1.29 is 9.90 Å². The third kappa shape index (κ3) is 3.52. The number of thioether (sulfide) groups is 1. The molecule has 0 spiro atoms. The van der Waals surface area contributed by atoms with Gasteiger partial charge in [0.1, 0.15) is 5.75 Å². The van der Waals surface area contributed by atoms with Crippen LogP contribution in [0.15, 0.2) is 47.6 Å². The summed E-state index contributed by atoms with van der Waals surface area (Å²) in [5, 5.41) is 13.4. The minimum Gasteiger partial charge on any atom is -0.508 e. The average molecular weight is 334 g/mol. The fourth-order valence-corrected chi connectivity index (χ4v) is 2.72. The van der Waals surface area contributed by atoms with Crippen LogP contribution in [0.3, 0.4) is 0 Å². The Kier molecular flexibility index (Phi) is 4.22. The molecule has 0 aliphatic carbocycles. The predicted molar refractivity (Wildman–Crippen MR) is 88.6 cm³/mol. The minimum absolute atomic E-state index is 0.129. The number of benzene rings is 2. The maximum atomic E-state index is 11.9. The fourth-order valence-electron chi connectivity index (χ4n) is 1.91. The highest BCUT2D eigenvalue weighted by Gasteiger charge is 2.08. The van der Waals surface area contributed by atoms with Gasteiger partial charge < -0.3 is 15.4 Å². The normalized spacial score (nSPS) is 10.8. The van der Waals surface area contributed by atoms with Crippen molar-refractivity contribution in [1.82, 2.24) is 9.97 Å². The molecule has 3 rings (SSSR count). The number of nitrogens with zero attached hydrogens (tertiary/aromatic N) is 1. The van der Waals surface area contributed by atoms with Crippen LogP contribution in [0, 0.1) is 0 Å². The second-order valence-electron chi connectivity index (χ2n) is 4.59. The Morgan fingerprint density at radius 2 is 2.05 bits per heavy atom. The van der Waals surface area contributed by atoms with Gasteiger partial charge in [-0.05, 0) is 36.4 Å². The van der Waals surface area contributed by atoms with E-state index < -0.39 is 0 Å². The Bertz CT molecular complexity index is 817. The quantitative estimate of drug-likeness (QED) is 0.637. The van der Waals surface area contributed by atoms with Gasteiger partial charge in [0.05, 0.1) is 16.8 Å². The lowest BCUT2D eigenvalue weighted by atomic mass is 10.3. The Labute approximate surface area is 135 Å². The summed E-state index contributed by atoms with van der Waals surface area (Å²) in [4.78, 5) is 19.3. The summed E-state index contributed by atoms with van der Waals surface area (Å²) in [6.07, 6.45) is 0. The van der Waals surface area contributed by atoms with Gasteiger partial charge in [0.25, 0.3) is 0 Å². The number of aromatic hydroxyl groups is 1. The molecular weight excluding hydrogens is 322 g/mol. The van der Waals surface area contributed by atoms with E-state index in [1.165, 1.54) is 11.8 Å². The maximum Gasteiger partial charge on any atom is 0.234 e. The molecule has 3 N–H and O–H groups in total. The van der Waals surface area contributed by atoms with Crippen molar-refractivity contribution >= 4 is 46.0 Å². The first-order valence-corrected chi connectivity index (χ1v) is 7.83. The molecule has 5 nitrogen and oxygen atoms in total. The van der Waals surface area contributed by atoms with Crippen molar-refractivity contribution in [2.75, 3.05) is 11.1 Å². The second kappa shape index (κ2) is 6.29. The molecule has 7 heteroatoms. The van der Waals surface area contributed by atoms with Crippen LogP contribution in [0.2, 0.25) is 5.02 Å². The number of hydrogen-bond acceptors (Lipinski definition) is 4. The second-order valence-corrected chi connectivity index (χ2v) is 5.99. The molecular formula is C15H12ClN3O2S. The van der Waals surface area contributed by atoms with Crippen molar-refractivity contribution in [2.24, 2.45) is 0 Å². The van der Waals surface area contributed by atoms with E-state index >= 15 is 0 Å². The van der Waals surface area contributed by atoms with E-state index in [2.05, 4.69) is 15.3 Å². The number of rotatable bonds is 4. The van der Waals surface area contributed by atoms with Gasteiger partial charge in [-0.25, -0.2) is 4.98 Å². The standard InChI is InChI=1S/C15H12ClN3O2S/c16-9-1-3-10(4-2-9)17-14(21)8-22-15-18-12-6-5-11(20)7-13(12)19-15/h1-7,20H,8H2,(H,17,21)(H,18,19). The molecule has 22 heavy (non-hydrogen) atoms. The number of amides is 1. The molecule has 3 aromatic rings. The maximum absolute atomic E-state index is 11.9. The minimum atomic E-state index is -0.129. The summed E-state index contributed by atoms with van der Waals surface area (Å²) in [6, 6.07) is 11.8. The monoisotopic (exact) mass is 333 g/mol. The topological polar surface area (TPSA) is 78.0 Å². The number of carbonyl (C=O) groups excluding carboxylic acids is 1. The van der Waals surface area contributed by atoms with E-state index in [0.717, 1.165) is 11.0 Å².